The van der Waals surface area contributed by atoms with E-state index in [-0.39, 0.29) is 0 Å². The molecule has 2 rings (SSSR count). The van der Waals surface area contributed by atoms with E-state index in [0.29, 0.717) is 4.99 Å². The third-order valence-corrected chi connectivity index (χ3v) is 2.20. The highest BCUT2D eigenvalue weighted by Crippen LogP contribution is 2.28. The number of rotatable bonds is 1. The second kappa shape index (κ2) is 2.75. The van der Waals surface area contributed by atoms with Crippen LogP contribution < -0.4 is 10.5 Å². The quantitative estimate of drug-likeness (QED) is 0.659. The highest BCUT2D eigenvalue weighted by molar-refractivity contribution is 7.80. The van der Waals surface area contributed by atoms with E-state index in [1.165, 1.54) is 5.56 Å². The molecule has 1 aromatic rings. The summed E-state index contributed by atoms with van der Waals surface area (Å²) in [4.78, 5) is 0.411. The molecular formula is C9H9NOS. The molecule has 2 nitrogen and oxygen atoms in total. The third-order valence-electron chi connectivity index (χ3n) is 1.98. The number of hydrogen-bond acceptors (Lipinski definition) is 2. The maximum Gasteiger partial charge on any atom is 0.132 e. The number of para-hydroxylation sites is 1. The van der Waals surface area contributed by atoms with Gasteiger partial charge in [-0.3, -0.25) is 0 Å². The number of fused-ring (bicyclic) bond motifs is 1. The van der Waals surface area contributed by atoms with E-state index in [9.17, 15) is 0 Å². The summed E-state index contributed by atoms with van der Waals surface area (Å²) < 4.78 is 5.42. The van der Waals surface area contributed by atoms with Crippen LogP contribution in [0, 0.1) is 0 Å². The zero-order chi connectivity index (χ0) is 8.55. The number of hydrogen-bond donors (Lipinski definition) is 1. The van der Waals surface area contributed by atoms with Crippen LogP contribution in [0.25, 0.3) is 0 Å². The third kappa shape index (κ3) is 1.06. The van der Waals surface area contributed by atoms with E-state index >= 15 is 0 Å². The molecule has 1 aromatic carbocycles. The van der Waals surface area contributed by atoms with E-state index < -0.39 is 0 Å². The largest absolute Gasteiger partial charge is 0.492 e. The Morgan fingerprint density at radius 1 is 1.50 bits per heavy atom. The molecule has 0 saturated heterocycles. The van der Waals surface area contributed by atoms with Gasteiger partial charge < -0.3 is 10.5 Å². The first-order chi connectivity index (χ1) is 5.79. The van der Waals surface area contributed by atoms with Gasteiger partial charge in [-0.25, -0.2) is 0 Å². The average molecular weight is 179 g/mol. The Balaban J connectivity index is 2.56. The van der Waals surface area contributed by atoms with Gasteiger partial charge in [-0.1, -0.05) is 24.4 Å². The lowest BCUT2D eigenvalue weighted by Gasteiger charge is -2.04. The topological polar surface area (TPSA) is 35.2 Å². The van der Waals surface area contributed by atoms with Gasteiger partial charge in [-0.2, -0.15) is 0 Å². The molecule has 0 radical (unpaired) electrons. The van der Waals surface area contributed by atoms with Gasteiger partial charge in [0.05, 0.1) is 12.2 Å². The van der Waals surface area contributed by atoms with Crippen LogP contribution in [0.3, 0.4) is 0 Å². The standard InChI is InChI=1S/C9H9NOS/c10-9(12)7-3-1-2-6-4-5-11-8(6)7/h1-3H,4-5H2,(H2,10,12). The number of ether oxygens (including phenoxy) is 1. The maximum atomic E-state index is 5.54. The summed E-state index contributed by atoms with van der Waals surface area (Å²) in [6, 6.07) is 5.90. The minimum atomic E-state index is 0.411. The van der Waals surface area contributed by atoms with E-state index in [1.54, 1.807) is 0 Å². The van der Waals surface area contributed by atoms with Crippen LogP contribution in [-0.4, -0.2) is 11.6 Å². The number of benzene rings is 1. The fourth-order valence-corrected chi connectivity index (χ4v) is 1.57. The average Bonchev–Trinajstić information content (AvgIpc) is 2.49. The lowest BCUT2D eigenvalue weighted by atomic mass is 10.1. The molecule has 0 spiro atoms. The Hall–Kier alpha value is -1.09. The number of thiocarbonyl (C=S) groups is 1. The first kappa shape index (κ1) is 7.55. The van der Waals surface area contributed by atoms with Crippen LogP contribution in [0.5, 0.6) is 5.75 Å². The Morgan fingerprint density at radius 3 is 3.08 bits per heavy atom. The van der Waals surface area contributed by atoms with Crippen molar-refractivity contribution in [2.45, 2.75) is 6.42 Å². The van der Waals surface area contributed by atoms with Crippen LogP contribution in [0.2, 0.25) is 0 Å². The van der Waals surface area contributed by atoms with E-state index in [2.05, 4.69) is 0 Å². The Labute approximate surface area is 76.3 Å². The first-order valence-electron chi connectivity index (χ1n) is 3.83. The predicted molar refractivity (Wildman–Crippen MR) is 51.5 cm³/mol. The van der Waals surface area contributed by atoms with Crippen molar-refractivity contribution in [1.82, 2.24) is 0 Å². The van der Waals surface area contributed by atoms with Gasteiger partial charge in [0, 0.05) is 6.42 Å². The van der Waals surface area contributed by atoms with Crippen LogP contribution >= 0.6 is 12.2 Å². The molecule has 0 bridgehead atoms. The molecule has 0 fully saturated rings. The first-order valence-corrected chi connectivity index (χ1v) is 4.24. The molecule has 1 heterocycles. The molecule has 62 valence electrons. The lowest BCUT2D eigenvalue weighted by Crippen LogP contribution is -2.10. The SMILES string of the molecule is NC(=S)c1cccc2c1OCC2. The molecule has 0 saturated carbocycles. The normalized spacial score (nSPS) is 13.7. The number of nitrogens with two attached hydrogens (primary N) is 1. The second-order valence-electron chi connectivity index (χ2n) is 2.76. The van der Waals surface area contributed by atoms with Crippen molar-refractivity contribution < 1.29 is 4.74 Å². The van der Waals surface area contributed by atoms with Crippen molar-refractivity contribution >= 4 is 17.2 Å². The molecule has 2 N–H and O–H groups in total. The van der Waals surface area contributed by atoms with E-state index in [0.717, 1.165) is 24.3 Å². The molecule has 1 aliphatic heterocycles. The monoisotopic (exact) mass is 179 g/mol. The maximum absolute atomic E-state index is 5.54. The van der Waals surface area contributed by atoms with E-state index in [1.807, 2.05) is 18.2 Å². The Morgan fingerprint density at radius 2 is 2.33 bits per heavy atom. The highest BCUT2D eigenvalue weighted by atomic mass is 32.1. The summed E-state index contributed by atoms with van der Waals surface area (Å²) in [5.41, 5.74) is 7.61. The Kier molecular flexibility index (Phi) is 1.73. The molecule has 12 heavy (non-hydrogen) atoms. The van der Waals surface area contributed by atoms with Gasteiger partial charge in [0.25, 0.3) is 0 Å². The fourth-order valence-electron chi connectivity index (χ4n) is 1.41. The van der Waals surface area contributed by atoms with Crippen molar-refractivity contribution in [1.29, 1.82) is 0 Å². The lowest BCUT2D eigenvalue weighted by molar-refractivity contribution is 0.356. The van der Waals surface area contributed by atoms with Crippen LogP contribution in [0.4, 0.5) is 0 Å². The fraction of sp³-hybridized carbons (Fsp3) is 0.222. The zero-order valence-electron chi connectivity index (χ0n) is 6.54. The van der Waals surface area contributed by atoms with Crippen molar-refractivity contribution in [3.8, 4) is 5.75 Å². The minimum absolute atomic E-state index is 0.411. The van der Waals surface area contributed by atoms with Gasteiger partial charge in [0.1, 0.15) is 10.7 Å². The molecule has 3 heteroatoms. The molecule has 0 aliphatic carbocycles. The summed E-state index contributed by atoms with van der Waals surface area (Å²) in [5.74, 6) is 0.880. The highest BCUT2D eigenvalue weighted by Gasteiger charge is 2.16. The van der Waals surface area contributed by atoms with Crippen molar-refractivity contribution in [3.05, 3.63) is 29.3 Å². The zero-order valence-corrected chi connectivity index (χ0v) is 7.36. The second-order valence-corrected chi connectivity index (χ2v) is 3.20. The smallest absolute Gasteiger partial charge is 0.132 e. The van der Waals surface area contributed by atoms with E-state index in [4.69, 9.17) is 22.7 Å². The van der Waals surface area contributed by atoms with Gasteiger partial charge in [-0.15, -0.1) is 0 Å². The summed E-state index contributed by atoms with van der Waals surface area (Å²) in [5, 5.41) is 0. The summed E-state index contributed by atoms with van der Waals surface area (Å²) in [7, 11) is 0. The van der Waals surface area contributed by atoms with Gasteiger partial charge in [0.2, 0.25) is 0 Å². The molecule has 0 aromatic heterocycles. The summed E-state index contributed by atoms with van der Waals surface area (Å²) in [6.45, 7) is 0.745. The molecule has 0 atom stereocenters. The van der Waals surface area contributed by atoms with Crippen LogP contribution in [0.1, 0.15) is 11.1 Å². The van der Waals surface area contributed by atoms with Gasteiger partial charge in [0.15, 0.2) is 0 Å². The summed E-state index contributed by atoms with van der Waals surface area (Å²) in [6.07, 6.45) is 0.964. The van der Waals surface area contributed by atoms with Gasteiger partial charge in [-0.05, 0) is 11.6 Å². The molecular weight excluding hydrogens is 170 g/mol. The van der Waals surface area contributed by atoms with Crippen LogP contribution in [-0.2, 0) is 6.42 Å². The minimum Gasteiger partial charge on any atom is -0.492 e. The Bertz CT molecular complexity index is 335. The van der Waals surface area contributed by atoms with Crippen molar-refractivity contribution in [2.75, 3.05) is 6.61 Å². The van der Waals surface area contributed by atoms with Crippen molar-refractivity contribution in [2.24, 2.45) is 5.73 Å². The van der Waals surface area contributed by atoms with Crippen LogP contribution in [0.15, 0.2) is 18.2 Å². The van der Waals surface area contributed by atoms with Crippen molar-refractivity contribution in [3.63, 3.8) is 0 Å². The predicted octanol–water partition coefficient (Wildman–Crippen LogP) is 1.26. The molecule has 1 aliphatic rings. The summed E-state index contributed by atoms with van der Waals surface area (Å²) >= 11 is 4.90. The molecule has 0 unspecified atom stereocenters. The van der Waals surface area contributed by atoms with Gasteiger partial charge >= 0.3 is 0 Å². The molecule has 0 amide bonds.